The molecule has 0 aromatic heterocycles. The molecule has 0 unspecified atom stereocenters. The van der Waals surface area contributed by atoms with Gasteiger partial charge in [0.1, 0.15) is 5.75 Å². The highest BCUT2D eigenvalue weighted by atomic mass is 79.9. The molecule has 0 fully saturated rings. The number of methoxy groups -OCH3 is 1. The number of aryl methyl sites for hydroxylation is 1. The molecule has 0 bridgehead atoms. The van der Waals surface area contributed by atoms with Crippen molar-refractivity contribution in [1.82, 2.24) is 0 Å². The molecule has 1 aliphatic rings. The number of hydrogen-bond donors (Lipinski definition) is 1. The number of hydrogen-bond acceptors (Lipinski definition) is 3. The first-order valence-electron chi connectivity index (χ1n) is 5.96. The Labute approximate surface area is 110 Å². The van der Waals surface area contributed by atoms with Gasteiger partial charge < -0.3 is 4.74 Å². The van der Waals surface area contributed by atoms with Crippen LogP contribution < -0.4 is 10.6 Å². The Hall–Kier alpha value is -0.580. The van der Waals surface area contributed by atoms with Crippen LogP contribution in [0.3, 0.4) is 0 Å². The minimum atomic E-state index is 0.384. The van der Waals surface area contributed by atoms with Gasteiger partial charge in [0.15, 0.2) is 0 Å². The van der Waals surface area contributed by atoms with E-state index in [4.69, 9.17) is 15.5 Å². The first-order chi connectivity index (χ1) is 8.27. The fourth-order valence-corrected chi connectivity index (χ4v) is 3.36. The molecule has 0 radical (unpaired) electrons. The van der Waals surface area contributed by atoms with E-state index in [0.29, 0.717) is 6.61 Å². The van der Waals surface area contributed by atoms with Gasteiger partial charge in [0.25, 0.3) is 0 Å². The molecular formula is C13H18BrNO2. The molecule has 1 aromatic carbocycles. The summed E-state index contributed by atoms with van der Waals surface area (Å²) < 4.78 is 6.53. The van der Waals surface area contributed by atoms with Crippen LogP contribution >= 0.6 is 15.9 Å². The summed E-state index contributed by atoms with van der Waals surface area (Å²) in [6, 6.07) is 2.18. The second-order valence-corrected chi connectivity index (χ2v) is 5.19. The molecule has 0 saturated carbocycles. The Kier molecular flexibility index (Phi) is 4.42. The summed E-state index contributed by atoms with van der Waals surface area (Å²) in [6.07, 6.45) is 6.06. The van der Waals surface area contributed by atoms with Crippen LogP contribution in [-0.2, 0) is 24.3 Å². The van der Waals surface area contributed by atoms with Gasteiger partial charge in [-0.25, -0.2) is 5.90 Å². The highest BCUT2D eigenvalue weighted by Crippen LogP contribution is 2.38. The molecule has 3 nitrogen and oxygen atoms in total. The quantitative estimate of drug-likeness (QED) is 0.689. The zero-order valence-corrected chi connectivity index (χ0v) is 11.7. The van der Waals surface area contributed by atoms with E-state index in [1.807, 2.05) is 0 Å². The number of rotatable bonds is 3. The second-order valence-electron chi connectivity index (χ2n) is 4.39. The minimum Gasteiger partial charge on any atom is -0.495 e. The smallest absolute Gasteiger partial charge is 0.138 e. The van der Waals surface area contributed by atoms with E-state index in [0.717, 1.165) is 28.6 Å². The minimum absolute atomic E-state index is 0.384. The highest BCUT2D eigenvalue weighted by molar-refractivity contribution is 9.10. The molecule has 1 aliphatic carbocycles. The van der Waals surface area contributed by atoms with Crippen LogP contribution in [0.5, 0.6) is 5.75 Å². The van der Waals surface area contributed by atoms with Gasteiger partial charge in [0, 0.05) is 5.56 Å². The standard InChI is InChI=1S/C13H18BrNO2/c1-16-13-10(8-17-15)7-9-5-3-2-4-6-11(9)12(13)14/h7H,2-6,8,15H2,1H3. The fraction of sp³-hybridized carbons (Fsp3) is 0.538. The van der Waals surface area contributed by atoms with E-state index < -0.39 is 0 Å². The van der Waals surface area contributed by atoms with Crippen molar-refractivity contribution in [2.45, 2.75) is 38.7 Å². The maximum atomic E-state index is 5.45. The molecule has 0 spiro atoms. The Morgan fingerprint density at radius 2 is 2.06 bits per heavy atom. The molecular weight excluding hydrogens is 282 g/mol. The summed E-state index contributed by atoms with van der Waals surface area (Å²) in [5.41, 5.74) is 3.81. The summed E-state index contributed by atoms with van der Waals surface area (Å²) in [7, 11) is 1.68. The van der Waals surface area contributed by atoms with Crippen molar-refractivity contribution < 1.29 is 9.57 Å². The van der Waals surface area contributed by atoms with Gasteiger partial charge >= 0.3 is 0 Å². The Bertz CT molecular complexity index is 406. The number of halogens is 1. The van der Waals surface area contributed by atoms with E-state index in [1.165, 1.54) is 30.4 Å². The lowest BCUT2D eigenvalue weighted by atomic mass is 9.99. The molecule has 1 aromatic rings. The Morgan fingerprint density at radius 1 is 1.29 bits per heavy atom. The van der Waals surface area contributed by atoms with Gasteiger partial charge in [0.05, 0.1) is 18.2 Å². The third-order valence-corrected chi connectivity index (χ3v) is 4.15. The zero-order chi connectivity index (χ0) is 12.3. The lowest BCUT2D eigenvalue weighted by Gasteiger charge is -2.16. The van der Waals surface area contributed by atoms with Gasteiger partial charge in [-0.1, -0.05) is 6.42 Å². The van der Waals surface area contributed by atoms with Crippen LogP contribution in [0.2, 0.25) is 0 Å². The van der Waals surface area contributed by atoms with E-state index >= 15 is 0 Å². The summed E-state index contributed by atoms with van der Waals surface area (Å²) >= 11 is 3.66. The van der Waals surface area contributed by atoms with Crippen LogP contribution in [0.15, 0.2) is 10.5 Å². The van der Waals surface area contributed by atoms with Crippen LogP contribution in [0, 0.1) is 0 Å². The van der Waals surface area contributed by atoms with Crippen molar-refractivity contribution in [2.24, 2.45) is 5.90 Å². The Morgan fingerprint density at radius 3 is 2.76 bits per heavy atom. The molecule has 2 rings (SSSR count). The molecule has 0 saturated heterocycles. The average molecular weight is 300 g/mol. The van der Waals surface area contributed by atoms with Gasteiger partial charge in [-0.15, -0.1) is 0 Å². The van der Waals surface area contributed by atoms with Gasteiger partial charge in [0.2, 0.25) is 0 Å². The van der Waals surface area contributed by atoms with E-state index in [2.05, 4.69) is 22.0 Å². The maximum absolute atomic E-state index is 5.45. The van der Waals surface area contributed by atoms with E-state index in [9.17, 15) is 0 Å². The largest absolute Gasteiger partial charge is 0.495 e. The number of nitrogens with two attached hydrogens (primary N) is 1. The highest BCUT2D eigenvalue weighted by Gasteiger charge is 2.18. The lowest BCUT2D eigenvalue weighted by Crippen LogP contribution is -2.05. The van der Waals surface area contributed by atoms with Crippen molar-refractivity contribution in [3.63, 3.8) is 0 Å². The van der Waals surface area contributed by atoms with Crippen molar-refractivity contribution in [3.05, 3.63) is 27.2 Å². The summed E-state index contributed by atoms with van der Waals surface area (Å²) in [4.78, 5) is 4.75. The van der Waals surface area contributed by atoms with Crippen LogP contribution in [0.25, 0.3) is 0 Å². The number of ether oxygens (including phenoxy) is 1. The third-order valence-electron chi connectivity index (χ3n) is 3.31. The first-order valence-corrected chi connectivity index (χ1v) is 6.76. The number of benzene rings is 1. The molecule has 94 valence electrons. The van der Waals surface area contributed by atoms with Crippen molar-refractivity contribution in [1.29, 1.82) is 0 Å². The monoisotopic (exact) mass is 299 g/mol. The van der Waals surface area contributed by atoms with Crippen LogP contribution in [0.1, 0.15) is 36.0 Å². The summed E-state index contributed by atoms with van der Waals surface area (Å²) in [5.74, 6) is 6.03. The molecule has 17 heavy (non-hydrogen) atoms. The van der Waals surface area contributed by atoms with Gasteiger partial charge in [-0.05, 0) is 58.8 Å². The summed E-state index contributed by atoms with van der Waals surface area (Å²) in [6.45, 7) is 0.384. The molecule has 0 aliphatic heterocycles. The van der Waals surface area contributed by atoms with Crippen LogP contribution in [0.4, 0.5) is 0 Å². The molecule has 0 atom stereocenters. The Balaban J connectivity index is 2.49. The van der Waals surface area contributed by atoms with Gasteiger partial charge in [-0.3, -0.25) is 4.84 Å². The molecule has 4 heteroatoms. The third kappa shape index (κ3) is 2.64. The topological polar surface area (TPSA) is 44.5 Å². The van der Waals surface area contributed by atoms with Crippen molar-refractivity contribution in [2.75, 3.05) is 7.11 Å². The van der Waals surface area contributed by atoms with Crippen molar-refractivity contribution >= 4 is 15.9 Å². The zero-order valence-electron chi connectivity index (χ0n) is 10.1. The average Bonchev–Trinajstić information content (AvgIpc) is 2.55. The predicted molar refractivity (Wildman–Crippen MR) is 70.9 cm³/mol. The predicted octanol–water partition coefficient (Wildman–Crippen LogP) is 3.12. The van der Waals surface area contributed by atoms with Gasteiger partial charge in [-0.2, -0.15) is 0 Å². The molecule has 2 N–H and O–H groups in total. The lowest BCUT2D eigenvalue weighted by molar-refractivity contribution is 0.122. The maximum Gasteiger partial charge on any atom is 0.138 e. The number of fused-ring (bicyclic) bond motifs is 1. The second kappa shape index (κ2) is 5.85. The fourth-order valence-electron chi connectivity index (χ4n) is 2.49. The normalized spacial score (nSPS) is 15.2. The molecule has 0 amide bonds. The van der Waals surface area contributed by atoms with E-state index in [1.54, 1.807) is 7.11 Å². The van der Waals surface area contributed by atoms with Crippen molar-refractivity contribution in [3.8, 4) is 5.75 Å². The van der Waals surface area contributed by atoms with Crippen LogP contribution in [-0.4, -0.2) is 7.11 Å². The SMILES string of the molecule is COc1c(CON)cc2c(c1Br)CCCCC2. The van der Waals surface area contributed by atoms with E-state index in [-0.39, 0.29) is 0 Å². The molecule has 0 heterocycles. The first kappa shape index (κ1) is 12.9. The summed E-state index contributed by atoms with van der Waals surface area (Å²) in [5, 5.41) is 0.